The number of benzene rings is 2. The first kappa shape index (κ1) is 16.3. The number of para-hydroxylation sites is 3. The first-order chi connectivity index (χ1) is 13.1. The molecule has 0 radical (unpaired) electrons. The Balaban J connectivity index is 1.52. The van der Waals surface area contributed by atoms with Crippen molar-refractivity contribution in [3.05, 3.63) is 71.1 Å². The smallest absolute Gasteiger partial charge is 0.268 e. The molecule has 5 rings (SSSR count). The molecule has 0 saturated carbocycles. The molecular formula is C22H19N3OS. The van der Waals surface area contributed by atoms with E-state index in [4.69, 9.17) is 4.98 Å². The normalized spacial score (nSPS) is 16.1. The molecule has 27 heavy (non-hydrogen) atoms. The van der Waals surface area contributed by atoms with E-state index in [0.29, 0.717) is 0 Å². The Hall–Kier alpha value is -2.92. The van der Waals surface area contributed by atoms with E-state index < -0.39 is 0 Å². The maximum atomic E-state index is 13.2. The van der Waals surface area contributed by atoms with Gasteiger partial charge < -0.3 is 9.47 Å². The molecule has 2 aromatic carbocycles. The van der Waals surface area contributed by atoms with E-state index in [1.807, 2.05) is 60.5 Å². The van der Waals surface area contributed by atoms with Crippen molar-refractivity contribution < 1.29 is 4.79 Å². The molecule has 1 amide bonds. The molecule has 1 aliphatic rings. The molecule has 0 spiro atoms. The third-order valence-electron chi connectivity index (χ3n) is 5.25. The summed E-state index contributed by atoms with van der Waals surface area (Å²) in [6, 6.07) is 20.4. The van der Waals surface area contributed by atoms with Gasteiger partial charge >= 0.3 is 0 Å². The molecule has 0 bridgehead atoms. The van der Waals surface area contributed by atoms with Crippen LogP contribution in [0.5, 0.6) is 0 Å². The number of amides is 1. The molecule has 3 heterocycles. The van der Waals surface area contributed by atoms with Gasteiger partial charge in [0.05, 0.1) is 20.8 Å². The average molecular weight is 373 g/mol. The second kappa shape index (κ2) is 6.06. The van der Waals surface area contributed by atoms with Crippen LogP contribution in [0.25, 0.3) is 21.7 Å². The molecule has 5 heteroatoms. The van der Waals surface area contributed by atoms with Gasteiger partial charge in [0.15, 0.2) is 5.82 Å². The Morgan fingerprint density at radius 3 is 2.70 bits per heavy atom. The van der Waals surface area contributed by atoms with E-state index >= 15 is 0 Å². The van der Waals surface area contributed by atoms with E-state index in [9.17, 15) is 4.79 Å². The first-order valence-electron chi connectivity index (χ1n) is 9.06. The summed E-state index contributed by atoms with van der Waals surface area (Å²) < 4.78 is 2.09. The van der Waals surface area contributed by atoms with E-state index in [-0.39, 0.29) is 11.9 Å². The number of rotatable bonds is 2. The van der Waals surface area contributed by atoms with Crippen molar-refractivity contribution in [2.45, 2.75) is 19.4 Å². The second-order valence-electron chi connectivity index (χ2n) is 7.00. The van der Waals surface area contributed by atoms with Gasteiger partial charge in [-0.05, 0) is 49.2 Å². The van der Waals surface area contributed by atoms with Crippen LogP contribution in [0.15, 0.2) is 60.7 Å². The lowest BCUT2D eigenvalue weighted by molar-refractivity contribution is 0.0985. The zero-order valence-electron chi connectivity index (χ0n) is 15.2. The first-order valence-corrected chi connectivity index (χ1v) is 9.88. The highest BCUT2D eigenvalue weighted by molar-refractivity contribution is 7.17. The number of hydrogen-bond acceptors (Lipinski definition) is 3. The highest BCUT2D eigenvalue weighted by Crippen LogP contribution is 2.36. The van der Waals surface area contributed by atoms with Crippen molar-refractivity contribution >= 4 is 34.0 Å². The van der Waals surface area contributed by atoms with Crippen LogP contribution in [0.2, 0.25) is 0 Å². The number of carbonyl (C=O) groups excluding carboxylic acids is 1. The van der Waals surface area contributed by atoms with Crippen LogP contribution in [-0.4, -0.2) is 21.5 Å². The molecule has 1 aliphatic heterocycles. The third kappa shape index (κ3) is 2.50. The summed E-state index contributed by atoms with van der Waals surface area (Å²) in [4.78, 5) is 21.7. The number of fused-ring (bicyclic) bond motifs is 2. The zero-order valence-corrected chi connectivity index (χ0v) is 16.0. The maximum Gasteiger partial charge on any atom is 0.268 e. The molecule has 2 aromatic heterocycles. The molecular weight excluding hydrogens is 354 g/mol. The average Bonchev–Trinajstić information content (AvgIpc) is 3.37. The van der Waals surface area contributed by atoms with Crippen LogP contribution in [0.3, 0.4) is 0 Å². The Morgan fingerprint density at radius 2 is 1.85 bits per heavy atom. The fourth-order valence-electron chi connectivity index (χ4n) is 3.93. The van der Waals surface area contributed by atoms with Crippen molar-refractivity contribution in [3.8, 4) is 10.7 Å². The van der Waals surface area contributed by atoms with Crippen LogP contribution >= 0.6 is 11.3 Å². The fourth-order valence-corrected chi connectivity index (χ4v) is 4.90. The van der Waals surface area contributed by atoms with Crippen molar-refractivity contribution in [2.24, 2.45) is 7.05 Å². The highest BCUT2D eigenvalue weighted by atomic mass is 32.1. The predicted octanol–water partition coefficient (Wildman–Crippen LogP) is 4.89. The van der Waals surface area contributed by atoms with Crippen molar-refractivity contribution in [1.29, 1.82) is 0 Å². The zero-order chi connectivity index (χ0) is 18.5. The highest BCUT2D eigenvalue weighted by Gasteiger charge is 2.32. The Morgan fingerprint density at radius 1 is 1.07 bits per heavy atom. The lowest BCUT2D eigenvalue weighted by atomic mass is 10.1. The van der Waals surface area contributed by atoms with Gasteiger partial charge in [-0.15, -0.1) is 11.3 Å². The number of aromatic nitrogens is 2. The largest absolute Gasteiger partial charge is 0.326 e. The number of aryl methyl sites for hydroxylation is 1. The minimum absolute atomic E-state index is 0.0717. The third-order valence-corrected chi connectivity index (χ3v) is 6.32. The Bertz CT molecular complexity index is 1170. The summed E-state index contributed by atoms with van der Waals surface area (Å²) in [5.74, 6) is 0.970. The van der Waals surface area contributed by atoms with E-state index in [2.05, 4.69) is 23.6 Å². The maximum absolute atomic E-state index is 13.2. The molecule has 0 fully saturated rings. The van der Waals surface area contributed by atoms with E-state index in [1.165, 1.54) is 16.9 Å². The molecule has 4 aromatic rings. The van der Waals surface area contributed by atoms with Crippen molar-refractivity contribution in [1.82, 2.24) is 9.55 Å². The Labute approximate surface area is 161 Å². The summed E-state index contributed by atoms with van der Waals surface area (Å²) in [5.41, 5.74) is 4.34. The van der Waals surface area contributed by atoms with Crippen LogP contribution < -0.4 is 4.90 Å². The monoisotopic (exact) mass is 373 g/mol. The van der Waals surface area contributed by atoms with Gasteiger partial charge in [0.25, 0.3) is 5.91 Å². The minimum Gasteiger partial charge on any atom is -0.326 e. The molecule has 134 valence electrons. The van der Waals surface area contributed by atoms with Crippen molar-refractivity contribution in [2.75, 3.05) is 4.90 Å². The number of nitrogens with zero attached hydrogens (tertiary/aromatic N) is 3. The molecule has 1 unspecified atom stereocenters. The van der Waals surface area contributed by atoms with Gasteiger partial charge in [0, 0.05) is 18.8 Å². The number of thiophene rings is 1. The van der Waals surface area contributed by atoms with Gasteiger partial charge in [-0.1, -0.05) is 30.3 Å². The van der Waals surface area contributed by atoms with Crippen LogP contribution in [-0.2, 0) is 13.5 Å². The predicted molar refractivity (Wildman–Crippen MR) is 110 cm³/mol. The number of hydrogen-bond donors (Lipinski definition) is 0. The van der Waals surface area contributed by atoms with Gasteiger partial charge in [0.1, 0.15) is 0 Å². The molecule has 0 saturated heterocycles. The number of carbonyl (C=O) groups is 1. The molecule has 1 atom stereocenters. The number of anilines is 1. The topological polar surface area (TPSA) is 38.1 Å². The van der Waals surface area contributed by atoms with Crippen LogP contribution in [0, 0.1) is 0 Å². The molecule has 0 N–H and O–H groups in total. The molecule has 4 nitrogen and oxygen atoms in total. The minimum atomic E-state index is 0.0717. The SMILES string of the molecule is CC1Cc2ccccc2N1C(=O)c1ccc(-c2nc3ccccc3n2C)s1. The number of imidazole rings is 1. The second-order valence-corrected chi connectivity index (χ2v) is 8.09. The van der Waals surface area contributed by atoms with E-state index in [0.717, 1.165) is 38.7 Å². The lowest BCUT2D eigenvalue weighted by Crippen LogP contribution is -2.35. The summed E-state index contributed by atoms with van der Waals surface area (Å²) in [6.45, 7) is 2.11. The van der Waals surface area contributed by atoms with Crippen LogP contribution in [0.4, 0.5) is 5.69 Å². The van der Waals surface area contributed by atoms with Gasteiger partial charge in [-0.3, -0.25) is 4.79 Å². The molecule has 0 aliphatic carbocycles. The Kier molecular flexibility index (Phi) is 3.65. The summed E-state index contributed by atoms with van der Waals surface area (Å²) in [5, 5.41) is 0. The quantitative estimate of drug-likeness (QED) is 0.502. The fraction of sp³-hybridized carbons (Fsp3) is 0.182. The van der Waals surface area contributed by atoms with Crippen molar-refractivity contribution in [3.63, 3.8) is 0 Å². The van der Waals surface area contributed by atoms with Gasteiger partial charge in [0.2, 0.25) is 0 Å². The van der Waals surface area contributed by atoms with E-state index in [1.54, 1.807) is 0 Å². The standard InChI is InChI=1S/C22H19N3OS/c1-14-13-15-7-3-5-9-17(15)25(14)22(26)20-12-11-19(27-20)21-23-16-8-4-6-10-18(16)24(21)2/h3-12,14H,13H2,1-2H3. The summed E-state index contributed by atoms with van der Waals surface area (Å²) in [6.07, 6.45) is 0.908. The summed E-state index contributed by atoms with van der Waals surface area (Å²) in [7, 11) is 2.02. The lowest BCUT2D eigenvalue weighted by Gasteiger charge is -2.21. The summed E-state index contributed by atoms with van der Waals surface area (Å²) >= 11 is 1.51. The van der Waals surface area contributed by atoms with Gasteiger partial charge in [-0.25, -0.2) is 4.98 Å². The van der Waals surface area contributed by atoms with Crippen LogP contribution in [0.1, 0.15) is 22.2 Å². The van der Waals surface area contributed by atoms with Gasteiger partial charge in [-0.2, -0.15) is 0 Å².